The molecule has 2 aliphatic rings. The average Bonchev–Trinajstić information content (AvgIpc) is 3.21. The zero-order chi connectivity index (χ0) is 13.6. The standard InChI is InChI=1S/C16H25N3O/c1-2-7-14(6-1)18-16(19-11-3-4-12-19)17-10-9-15-8-5-13-20-15/h5,8,13-14H,1-4,6-7,9-12H2,(H,17,18). The number of hydrogen-bond acceptors (Lipinski definition) is 2. The van der Waals surface area contributed by atoms with Crippen LogP contribution in [-0.2, 0) is 6.42 Å². The molecule has 0 bridgehead atoms. The number of nitrogens with zero attached hydrogens (tertiary/aromatic N) is 2. The van der Waals surface area contributed by atoms with E-state index >= 15 is 0 Å². The molecule has 4 heteroatoms. The van der Waals surface area contributed by atoms with Crippen molar-refractivity contribution in [2.45, 2.75) is 51.0 Å². The van der Waals surface area contributed by atoms with Crippen LogP contribution in [0.25, 0.3) is 0 Å². The molecule has 1 saturated carbocycles. The van der Waals surface area contributed by atoms with Gasteiger partial charge in [0, 0.05) is 32.1 Å². The fraction of sp³-hybridized carbons (Fsp3) is 0.688. The van der Waals surface area contributed by atoms with Crippen LogP contribution in [0.4, 0.5) is 0 Å². The highest BCUT2D eigenvalue weighted by molar-refractivity contribution is 5.80. The predicted molar refractivity (Wildman–Crippen MR) is 80.9 cm³/mol. The quantitative estimate of drug-likeness (QED) is 0.678. The van der Waals surface area contributed by atoms with Gasteiger partial charge in [0.1, 0.15) is 5.76 Å². The van der Waals surface area contributed by atoms with E-state index in [-0.39, 0.29) is 0 Å². The van der Waals surface area contributed by atoms with E-state index in [1.807, 2.05) is 12.1 Å². The lowest BCUT2D eigenvalue weighted by Gasteiger charge is -2.24. The topological polar surface area (TPSA) is 40.8 Å². The van der Waals surface area contributed by atoms with Crippen LogP contribution < -0.4 is 5.32 Å². The van der Waals surface area contributed by atoms with Crippen LogP contribution >= 0.6 is 0 Å². The number of aliphatic imine (C=N–C) groups is 1. The number of guanidine groups is 1. The minimum Gasteiger partial charge on any atom is -0.469 e. The molecule has 3 rings (SSSR count). The van der Waals surface area contributed by atoms with E-state index in [4.69, 9.17) is 9.41 Å². The van der Waals surface area contributed by atoms with Gasteiger partial charge >= 0.3 is 0 Å². The molecule has 0 spiro atoms. The van der Waals surface area contributed by atoms with Gasteiger partial charge in [-0.1, -0.05) is 12.8 Å². The maximum Gasteiger partial charge on any atom is 0.194 e. The second kappa shape index (κ2) is 6.82. The van der Waals surface area contributed by atoms with Gasteiger partial charge in [-0.25, -0.2) is 0 Å². The third kappa shape index (κ3) is 3.56. The molecule has 0 amide bonds. The Morgan fingerprint density at radius 3 is 2.75 bits per heavy atom. The molecule has 0 aromatic carbocycles. The first-order chi connectivity index (χ1) is 9.92. The Morgan fingerprint density at radius 1 is 1.25 bits per heavy atom. The van der Waals surface area contributed by atoms with Crippen molar-refractivity contribution in [2.75, 3.05) is 19.6 Å². The first kappa shape index (κ1) is 13.5. The van der Waals surface area contributed by atoms with Crippen molar-refractivity contribution in [3.8, 4) is 0 Å². The molecule has 0 atom stereocenters. The minimum atomic E-state index is 0.637. The largest absolute Gasteiger partial charge is 0.469 e. The maximum atomic E-state index is 5.37. The lowest BCUT2D eigenvalue weighted by atomic mass is 10.2. The molecule has 1 aliphatic carbocycles. The van der Waals surface area contributed by atoms with Crippen molar-refractivity contribution in [1.82, 2.24) is 10.2 Å². The van der Waals surface area contributed by atoms with Crippen LogP contribution in [0.1, 0.15) is 44.3 Å². The molecule has 20 heavy (non-hydrogen) atoms. The van der Waals surface area contributed by atoms with Crippen molar-refractivity contribution < 1.29 is 4.42 Å². The van der Waals surface area contributed by atoms with Gasteiger partial charge in [0.2, 0.25) is 0 Å². The summed E-state index contributed by atoms with van der Waals surface area (Å²) in [5.74, 6) is 2.15. The van der Waals surface area contributed by atoms with E-state index in [0.717, 1.165) is 37.8 Å². The zero-order valence-electron chi connectivity index (χ0n) is 12.2. The van der Waals surface area contributed by atoms with E-state index in [2.05, 4.69) is 10.2 Å². The molecule has 0 unspecified atom stereocenters. The highest BCUT2D eigenvalue weighted by Gasteiger charge is 2.21. The van der Waals surface area contributed by atoms with Crippen LogP contribution in [0.2, 0.25) is 0 Å². The van der Waals surface area contributed by atoms with E-state index in [1.165, 1.54) is 38.5 Å². The van der Waals surface area contributed by atoms with Gasteiger partial charge in [-0.3, -0.25) is 4.99 Å². The summed E-state index contributed by atoms with van der Waals surface area (Å²) >= 11 is 0. The Hall–Kier alpha value is -1.45. The second-order valence-corrected chi connectivity index (χ2v) is 5.85. The third-order valence-corrected chi connectivity index (χ3v) is 4.29. The molecule has 1 aromatic heterocycles. The summed E-state index contributed by atoms with van der Waals surface area (Å²) in [6.07, 6.45) is 10.5. The zero-order valence-corrected chi connectivity index (χ0v) is 12.2. The molecule has 1 aliphatic heterocycles. The molecular formula is C16H25N3O. The predicted octanol–water partition coefficient (Wildman–Crippen LogP) is 2.81. The van der Waals surface area contributed by atoms with Gasteiger partial charge in [-0.05, 0) is 37.8 Å². The third-order valence-electron chi connectivity index (χ3n) is 4.29. The highest BCUT2D eigenvalue weighted by Crippen LogP contribution is 2.18. The lowest BCUT2D eigenvalue weighted by Crippen LogP contribution is -2.44. The van der Waals surface area contributed by atoms with E-state index in [0.29, 0.717) is 6.04 Å². The van der Waals surface area contributed by atoms with Crippen LogP contribution in [-0.4, -0.2) is 36.5 Å². The SMILES string of the molecule is c1coc(CCN=C(NC2CCCC2)N2CCCC2)c1. The van der Waals surface area contributed by atoms with Crippen LogP contribution in [0.3, 0.4) is 0 Å². The van der Waals surface area contributed by atoms with Crippen molar-refractivity contribution in [3.05, 3.63) is 24.2 Å². The number of nitrogens with one attached hydrogen (secondary N) is 1. The summed E-state index contributed by atoms with van der Waals surface area (Å²) < 4.78 is 5.37. The Labute approximate surface area is 121 Å². The van der Waals surface area contributed by atoms with Gasteiger partial charge in [0.15, 0.2) is 5.96 Å². The van der Waals surface area contributed by atoms with Gasteiger partial charge in [-0.15, -0.1) is 0 Å². The molecule has 110 valence electrons. The highest BCUT2D eigenvalue weighted by atomic mass is 16.3. The molecule has 2 heterocycles. The fourth-order valence-electron chi connectivity index (χ4n) is 3.15. The molecule has 4 nitrogen and oxygen atoms in total. The smallest absolute Gasteiger partial charge is 0.194 e. The molecular weight excluding hydrogens is 250 g/mol. The van der Waals surface area contributed by atoms with Crippen molar-refractivity contribution in [3.63, 3.8) is 0 Å². The van der Waals surface area contributed by atoms with E-state index in [9.17, 15) is 0 Å². The van der Waals surface area contributed by atoms with E-state index in [1.54, 1.807) is 6.26 Å². The average molecular weight is 275 g/mol. The van der Waals surface area contributed by atoms with Gasteiger partial charge < -0.3 is 14.6 Å². The fourth-order valence-corrected chi connectivity index (χ4v) is 3.15. The first-order valence-electron chi connectivity index (χ1n) is 8.00. The van der Waals surface area contributed by atoms with Crippen LogP contribution in [0, 0.1) is 0 Å². The number of hydrogen-bond donors (Lipinski definition) is 1. The summed E-state index contributed by atoms with van der Waals surface area (Å²) in [6, 6.07) is 4.60. The summed E-state index contributed by atoms with van der Waals surface area (Å²) in [7, 11) is 0. The monoisotopic (exact) mass is 275 g/mol. The lowest BCUT2D eigenvalue weighted by molar-refractivity contribution is 0.468. The van der Waals surface area contributed by atoms with E-state index < -0.39 is 0 Å². The van der Waals surface area contributed by atoms with Gasteiger partial charge in [0.05, 0.1) is 6.26 Å². The molecule has 1 N–H and O–H groups in total. The van der Waals surface area contributed by atoms with Gasteiger partial charge in [0.25, 0.3) is 0 Å². The van der Waals surface area contributed by atoms with Gasteiger partial charge in [-0.2, -0.15) is 0 Å². The summed E-state index contributed by atoms with van der Waals surface area (Å²) in [5, 5.41) is 3.68. The van der Waals surface area contributed by atoms with Crippen LogP contribution in [0.15, 0.2) is 27.8 Å². The molecule has 0 radical (unpaired) electrons. The molecule has 1 saturated heterocycles. The first-order valence-corrected chi connectivity index (χ1v) is 8.00. The van der Waals surface area contributed by atoms with Crippen molar-refractivity contribution in [2.24, 2.45) is 4.99 Å². The summed E-state index contributed by atoms with van der Waals surface area (Å²) in [5.41, 5.74) is 0. The number of furan rings is 1. The number of likely N-dealkylation sites (tertiary alicyclic amines) is 1. The Morgan fingerprint density at radius 2 is 2.05 bits per heavy atom. The summed E-state index contributed by atoms with van der Waals surface area (Å²) in [6.45, 7) is 3.11. The van der Waals surface area contributed by atoms with Crippen LogP contribution in [0.5, 0.6) is 0 Å². The second-order valence-electron chi connectivity index (χ2n) is 5.85. The maximum absolute atomic E-state index is 5.37. The Kier molecular flexibility index (Phi) is 4.61. The summed E-state index contributed by atoms with van der Waals surface area (Å²) in [4.78, 5) is 7.23. The normalized spacial score (nSPS) is 20.8. The van der Waals surface area contributed by atoms with Crippen molar-refractivity contribution >= 4 is 5.96 Å². The number of rotatable bonds is 4. The Bertz CT molecular complexity index is 415. The molecule has 2 fully saturated rings. The van der Waals surface area contributed by atoms with Crippen molar-refractivity contribution in [1.29, 1.82) is 0 Å². The minimum absolute atomic E-state index is 0.637. The molecule has 1 aromatic rings. The Balaban J connectivity index is 1.57.